The first-order valence-corrected chi connectivity index (χ1v) is 10.6. The molecule has 2 aromatic carbocycles. The molecule has 1 aliphatic heterocycles. The minimum Gasteiger partial charge on any atom is -0.384 e. The van der Waals surface area contributed by atoms with E-state index in [2.05, 4.69) is 29.8 Å². The molecule has 1 heterocycles. The van der Waals surface area contributed by atoms with E-state index in [4.69, 9.17) is 11.6 Å². The Morgan fingerprint density at radius 3 is 2.54 bits per heavy atom. The van der Waals surface area contributed by atoms with Crippen LogP contribution in [0, 0.1) is 5.92 Å². The molecule has 26 heavy (non-hydrogen) atoms. The minimum atomic E-state index is -2.59. The van der Waals surface area contributed by atoms with Crippen molar-refractivity contribution in [3.8, 4) is 0 Å². The van der Waals surface area contributed by atoms with Crippen molar-refractivity contribution in [2.24, 2.45) is 5.92 Å². The van der Waals surface area contributed by atoms with Gasteiger partial charge in [0.15, 0.2) is 0 Å². The molecule has 2 aromatic rings. The van der Waals surface area contributed by atoms with E-state index in [0.29, 0.717) is 11.6 Å². The molecule has 1 nitrogen and oxygen atoms in total. The largest absolute Gasteiger partial charge is 0.384 e. The quantitative estimate of drug-likeness (QED) is 0.637. The van der Waals surface area contributed by atoms with Crippen LogP contribution < -0.4 is 5.32 Å². The summed E-state index contributed by atoms with van der Waals surface area (Å²) >= 11 is 7.82. The summed E-state index contributed by atoms with van der Waals surface area (Å²) in [5.74, 6) is -2.30. The molecule has 1 aliphatic carbocycles. The number of halogens is 3. The molecular formula is C21H22ClF2NS. The zero-order chi connectivity index (χ0) is 18.5. The van der Waals surface area contributed by atoms with Gasteiger partial charge in [-0.2, -0.15) is 11.8 Å². The molecule has 2 aliphatic rings. The lowest BCUT2D eigenvalue weighted by atomic mass is 9.66. The van der Waals surface area contributed by atoms with Gasteiger partial charge in [-0.15, -0.1) is 0 Å². The van der Waals surface area contributed by atoms with Gasteiger partial charge in [0.1, 0.15) is 0 Å². The third-order valence-corrected chi connectivity index (χ3v) is 6.93. The summed E-state index contributed by atoms with van der Waals surface area (Å²) in [4.78, 5) is 0. The van der Waals surface area contributed by atoms with E-state index >= 15 is 0 Å². The number of benzene rings is 2. The zero-order valence-corrected chi connectivity index (χ0v) is 16.4. The molecule has 0 aromatic heterocycles. The third-order valence-electron chi connectivity index (χ3n) is 6.08. The Balaban J connectivity index is 1.81. The summed E-state index contributed by atoms with van der Waals surface area (Å²) in [5, 5.41) is 4.15. The van der Waals surface area contributed by atoms with Crippen LogP contribution >= 0.6 is 23.4 Å². The number of alkyl halides is 2. The van der Waals surface area contributed by atoms with Gasteiger partial charge in [0.05, 0.1) is 0 Å². The summed E-state index contributed by atoms with van der Waals surface area (Å²) in [5.41, 5.74) is 3.86. The van der Waals surface area contributed by atoms with E-state index in [1.54, 1.807) is 11.8 Å². The molecule has 0 saturated heterocycles. The van der Waals surface area contributed by atoms with Crippen molar-refractivity contribution < 1.29 is 8.78 Å². The fourth-order valence-corrected chi connectivity index (χ4v) is 5.25. The van der Waals surface area contributed by atoms with Crippen molar-refractivity contribution >= 4 is 29.1 Å². The predicted octanol–water partition coefficient (Wildman–Crippen LogP) is 6.33. The van der Waals surface area contributed by atoms with E-state index in [-0.39, 0.29) is 12.3 Å². The van der Waals surface area contributed by atoms with Crippen molar-refractivity contribution in [2.75, 3.05) is 18.1 Å². The lowest BCUT2D eigenvalue weighted by molar-refractivity contribution is 0.0751. The van der Waals surface area contributed by atoms with E-state index in [1.807, 2.05) is 31.2 Å². The molecule has 138 valence electrons. The maximum Gasteiger partial charge on any atom is 0.252 e. The summed E-state index contributed by atoms with van der Waals surface area (Å²) < 4.78 is 28.5. The number of thioether (sulfide) groups is 1. The Morgan fingerprint density at radius 1 is 1.23 bits per heavy atom. The van der Waals surface area contributed by atoms with Crippen molar-refractivity contribution in [2.45, 2.75) is 36.4 Å². The molecule has 3 unspecified atom stereocenters. The Morgan fingerprint density at radius 2 is 1.92 bits per heavy atom. The Kier molecular flexibility index (Phi) is 4.47. The van der Waals surface area contributed by atoms with Gasteiger partial charge >= 0.3 is 0 Å². The first-order valence-electron chi connectivity index (χ1n) is 8.86. The number of rotatable bonds is 5. The molecular weight excluding hydrogens is 372 g/mol. The summed E-state index contributed by atoms with van der Waals surface area (Å²) in [6.07, 6.45) is 2.04. The second kappa shape index (κ2) is 6.42. The van der Waals surface area contributed by atoms with Crippen LogP contribution in [-0.4, -0.2) is 18.7 Å². The van der Waals surface area contributed by atoms with E-state index in [1.165, 1.54) is 5.56 Å². The maximum atomic E-state index is 14.2. The zero-order valence-electron chi connectivity index (χ0n) is 14.9. The highest BCUT2D eigenvalue weighted by Crippen LogP contribution is 2.64. The van der Waals surface area contributed by atoms with Crippen LogP contribution in [0.15, 0.2) is 42.5 Å². The van der Waals surface area contributed by atoms with Crippen LogP contribution in [0.5, 0.6) is 0 Å². The van der Waals surface area contributed by atoms with Crippen LogP contribution in [0.3, 0.4) is 0 Å². The highest BCUT2D eigenvalue weighted by molar-refractivity contribution is 7.97. The molecule has 0 amide bonds. The summed E-state index contributed by atoms with van der Waals surface area (Å²) in [6.45, 7) is 2.69. The van der Waals surface area contributed by atoms with Gasteiger partial charge < -0.3 is 5.32 Å². The second-order valence-corrected chi connectivity index (χ2v) is 8.86. The fourth-order valence-electron chi connectivity index (χ4n) is 4.57. The van der Waals surface area contributed by atoms with Gasteiger partial charge in [-0.3, -0.25) is 0 Å². The molecule has 0 bridgehead atoms. The second-order valence-electron chi connectivity index (χ2n) is 7.56. The first-order chi connectivity index (χ1) is 12.4. The van der Waals surface area contributed by atoms with Gasteiger partial charge in [0.25, 0.3) is 5.92 Å². The van der Waals surface area contributed by atoms with E-state index in [9.17, 15) is 8.78 Å². The molecule has 5 heteroatoms. The topological polar surface area (TPSA) is 12.0 Å². The predicted molar refractivity (Wildman–Crippen MR) is 107 cm³/mol. The summed E-state index contributed by atoms with van der Waals surface area (Å²) in [6, 6.07) is 13.7. The maximum absolute atomic E-state index is 14.2. The normalized spacial score (nSPS) is 25.3. The smallest absolute Gasteiger partial charge is 0.252 e. The Bertz CT molecular complexity index is 823. The fraction of sp³-hybridized carbons (Fsp3) is 0.429. The molecule has 4 rings (SSSR count). The Labute approximate surface area is 162 Å². The molecule has 0 radical (unpaired) electrons. The van der Waals surface area contributed by atoms with Gasteiger partial charge in [-0.05, 0) is 35.1 Å². The molecule has 0 spiro atoms. The highest BCUT2D eigenvalue weighted by Gasteiger charge is 2.67. The van der Waals surface area contributed by atoms with Gasteiger partial charge in [-0.1, -0.05) is 48.9 Å². The van der Waals surface area contributed by atoms with E-state index in [0.717, 1.165) is 22.6 Å². The lowest BCUT2D eigenvalue weighted by Gasteiger charge is -2.37. The number of hydrogen-bond acceptors (Lipinski definition) is 2. The molecule has 1 N–H and O–H groups in total. The average molecular weight is 394 g/mol. The third kappa shape index (κ3) is 2.82. The first kappa shape index (κ1) is 18.1. The van der Waals surface area contributed by atoms with Crippen LogP contribution in [0.25, 0.3) is 0 Å². The average Bonchev–Trinajstić information content (AvgIpc) is 3.05. The van der Waals surface area contributed by atoms with Crippen molar-refractivity contribution in [1.82, 2.24) is 0 Å². The molecule has 1 saturated carbocycles. The van der Waals surface area contributed by atoms with Crippen molar-refractivity contribution in [1.29, 1.82) is 0 Å². The SMILES string of the molecule is CSCc1cccc2c1NCC2C(C)(c1ccc(Cl)cc1)C1CC1(F)F. The number of nitrogens with one attached hydrogen (secondary N) is 1. The van der Waals surface area contributed by atoms with Crippen LogP contribution in [0.1, 0.15) is 36.0 Å². The highest BCUT2D eigenvalue weighted by atomic mass is 35.5. The van der Waals surface area contributed by atoms with Crippen LogP contribution in [0.2, 0.25) is 5.02 Å². The van der Waals surface area contributed by atoms with Crippen molar-refractivity contribution in [3.63, 3.8) is 0 Å². The number of hydrogen-bond donors (Lipinski definition) is 1. The van der Waals surface area contributed by atoms with Gasteiger partial charge in [0, 0.05) is 46.7 Å². The lowest BCUT2D eigenvalue weighted by Crippen LogP contribution is -2.36. The number of fused-ring (bicyclic) bond motifs is 1. The monoisotopic (exact) mass is 393 g/mol. The van der Waals surface area contributed by atoms with Crippen LogP contribution in [-0.2, 0) is 11.2 Å². The standard InChI is InChI=1S/C21H22ClF2NS/c1-20(18-10-21(18,23)24,14-6-8-15(22)9-7-14)17-11-25-19-13(12-26-2)4-3-5-16(17)19/h3-9,17-18,25H,10-12H2,1-2H3. The van der Waals surface area contributed by atoms with E-state index < -0.39 is 17.3 Å². The van der Waals surface area contributed by atoms with Gasteiger partial charge in [-0.25, -0.2) is 8.78 Å². The van der Waals surface area contributed by atoms with Crippen LogP contribution in [0.4, 0.5) is 14.5 Å². The molecule has 1 fully saturated rings. The summed E-state index contributed by atoms with van der Waals surface area (Å²) in [7, 11) is 0. The molecule has 3 atom stereocenters. The minimum absolute atomic E-state index is 0.0128. The van der Waals surface area contributed by atoms with Gasteiger partial charge in [0.2, 0.25) is 0 Å². The Hall–Kier alpha value is -1.26. The number of anilines is 1. The van der Waals surface area contributed by atoms with Crippen molar-refractivity contribution in [3.05, 3.63) is 64.2 Å². The number of para-hydroxylation sites is 1.